The lowest BCUT2D eigenvalue weighted by molar-refractivity contribution is -0.122. The fourth-order valence-electron chi connectivity index (χ4n) is 4.26. The molecule has 1 N–H and O–H groups in total. The van der Waals surface area contributed by atoms with Crippen LogP contribution in [0.15, 0.2) is 41.1 Å². The number of thiophene rings is 1. The average molecular weight is 403 g/mol. The van der Waals surface area contributed by atoms with Gasteiger partial charge in [-0.1, -0.05) is 18.2 Å². The first-order valence-electron chi connectivity index (χ1n) is 10.0. The van der Waals surface area contributed by atoms with Gasteiger partial charge in [-0.2, -0.15) is 11.3 Å². The predicted octanol–water partition coefficient (Wildman–Crippen LogP) is 3.76. The Hall–Kier alpha value is -1.76. The molecule has 28 heavy (non-hydrogen) atoms. The SMILES string of the molecule is O=C(Cc1ccsc1)NCC1CCC2(CCN(Cc3ccccc3F)CC2)O1. The summed E-state index contributed by atoms with van der Waals surface area (Å²) in [4.78, 5) is 14.4. The summed E-state index contributed by atoms with van der Waals surface area (Å²) >= 11 is 1.61. The molecule has 6 heteroatoms. The maximum absolute atomic E-state index is 13.9. The van der Waals surface area contributed by atoms with E-state index in [4.69, 9.17) is 4.74 Å². The van der Waals surface area contributed by atoms with Crippen LogP contribution < -0.4 is 5.32 Å². The quantitative estimate of drug-likeness (QED) is 0.800. The number of hydrogen-bond acceptors (Lipinski definition) is 4. The maximum atomic E-state index is 13.9. The third-order valence-corrected chi connectivity index (χ3v) is 6.66. The van der Waals surface area contributed by atoms with Crippen LogP contribution in [0.2, 0.25) is 0 Å². The number of hydrogen-bond donors (Lipinski definition) is 1. The molecule has 2 aliphatic rings. The molecule has 0 radical (unpaired) electrons. The summed E-state index contributed by atoms with van der Waals surface area (Å²) < 4.78 is 20.3. The van der Waals surface area contributed by atoms with E-state index in [2.05, 4.69) is 10.2 Å². The Bertz CT molecular complexity index is 788. The van der Waals surface area contributed by atoms with Gasteiger partial charge in [0.2, 0.25) is 5.91 Å². The minimum absolute atomic E-state index is 0.0580. The van der Waals surface area contributed by atoms with Gasteiger partial charge in [0, 0.05) is 31.7 Å². The van der Waals surface area contributed by atoms with Gasteiger partial charge in [-0.3, -0.25) is 9.69 Å². The topological polar surface area (TPSA) is 41.6 Å². The lowest BCUT2D eigenvalue weighted by Crippen LogP contribution is -2.45. The largest absolute Gasteiger partial charge is 0.370 e. The highest BCUT2D eigenvalue weighted by Gasteiger charge is 2.42. The molecule has 4 rings (SSSR count). The number of nitrogens with zero attached hydrogens (tertiary/aromatic N) is 1. The van der Waals surface area contributed by atoms with E-state index in [0.717, 1.165) is 49.9 Å². The van der Waals surface area contributed by atoms with Crippen LogP contribution in [0.5, 0.6) is 0 Å². The van der Waals surface area contributed by atoms with Crippen LogP contribution in [0.1, 0.15) is 36.8 Å². The molecule has 1 amide bonds. The number of benzene rings is 1. The second kappa shape index (κ2) is 8.72. The highest BCUT2D eigenvalue weighted by atomic mass is 32.1. The maximum Gasteiger partial charge on any atom is 0.224 e. The van der Waals surface area contributed by atoms with Crippen LogP contribution in [0.3, 0.4) is 0 Å². The van der Waals surface area contributed by atoms with E-state index in [9.17, 15) is 9.18 Å². The van der Waals surface area contributed by atoms with Crippen molar-refractivity contribution in [3.8, 4) is 0 Å². The number of rotatable bonds is 6. The first-order chi connectivity index (χ1) is 13.6. The Balaban J connectivity index is 1.21. The minimum atomic E-state index is -0.127. The lowest BCUT2D eigenvalue weighted by Gasteiger charge is -2.39. The van der Waals surface area contributed by atoms with Crippen molar-refractivity contribution in [1.29, 1.82) is 0 Å². The summed E-state index contributed by atoms with van der Waals surface area (Å²) in [5.74, 6) is -0.0687. The van der Waals surface area contributed by atoms with Crippen LogP contribution in [0.4, 0.5) is 4.39 Å². The molecule has 150 valence electrons. The van der Waals surface area contributed by atoms with E-state index in [1.807, 2.05) is 29.0 Å². The zero-order valence-electron chi connectivity index (χ0n) is 16.0. The van der Waals surface area contributed by atoms with Crippen molar-refractivity contribution in [3.63, 3.8) is 0 Å². The highest BCUT2D eigenvalue weighted by Crippen LogP contribution is 2.39. The Morgan fingerprint density at radius 3 is 2.82 bits per heavy atom. The van der Waals surface area contributed by atoms with Crippen molar-refractivity contribution >= 4 is 17.2 Å². The van der Waals surface area contributed by atoms with E-state index < -0.39 is 0 Å². The number of piperidine rings is 1. The van der Waals surface area contributed by atoms with Gasteiger partial charge in [-0.05, 0) is 54.1 Å². The van der Waals surface area contributed by atoms with Crippen molar-refractivity contribution in [2.75, 3.05) is 19.6 Å². The number of carbonyl (C=O) groups is 1. The number of nitrogens with one attached hydrogen (secondary N) is 1. The molecular formula is C22H27FN2O2S. The van der Waals surface area contributed by atoms with Crippen molar-refractivity contribution in [3.05, 3.63) is 58.0 Å². The zero-order chi connectivity index (χ0) is 19.4. The molecule has 3 heterocycles. The van der Waals surface area contributed by atoms with E-state index >= 15 is 0 Å². The predicted molar refractivity (Wildman–Crippen MR) is 109 cm³/mol. The van der Waals surface area contributed by atoms with E-state index in [-0.39, 0.29) is 23.4 Å². The highest BCUT2D eigenvalue weighted by molar-refractivity contribution is 7.08. The standard InChI is InChI=1S/C22H27FN2O2S/c23-20-4-2-1-3-18(20)15-25-10-8-22(9-11-25)7-5-19(27-22)14-24-21(26)13-17-6-12-28-16-17/h1-4,6,12,16,19H,5,7-11,13-15H2,(H,24,26). The summed E-state index contributed by atoms with van der Waals surface area (Å²) in [6.07, 6.45) is 4.52. The number of amides is 1. The second-order valence-electron chi connectivity index (χ2n) is 7.94. The van der Waals surface area contributed by atoms with Crippen LogP contribution >= 0.6 is 11.3 Å². The van der Waals surface area contributed by atoms with Gasteiger partial charge in [0.25, 0.3) is 0 Å². The molecule has 1 atom stereocenters. The van der Waals surface area contributed by atoms with Gasteiger partial charge in [0.1, 0.15) is 5.82 Å². The summed E-state index contributed by atoms with van der Waals surface area (Å²) in [7, 11) is 0. The van der Waals surface area contributed by atoms with Gasteiger partial charge in [-0.15, -0.1) is 0 Å². The Morgan fingerprint density at radius 1 is 1.25 bits per heavy atom. The molecule has 1 spiro atoms. The molecule has 2 aliphatic heterocycles. The first kappa shape index (κ1) is 19.6. The monoisotopic (exact) mass is 402 g/mol. The Morgan fingerprint density at radius 2 is 2.07 bits per heavy atom. The van der Waals surface area contributed by atoms with Crippen molar-refractivity contribution in [2.24, 2.45) is 0 Å². The van der Waals surface area contributed by atoms with E-state index in [0.29, 0.717) is 19.5 Å². The first-order valence-corrected chi connectivity index (χ1v) is 11.0. The molecule has 4 nitrogen and oxygen atoms in total. The molecule has 0 bridgehead atoms. The molecule has 1 aromatic carbocycles. The molecule has 1 aromatic heterocycles. The number of likely N-dealkylation sites (tertiary alicyclic amines) is 1. The fourth-order valence-corrected chi connectivity index (χ4v) is 4.93. The summed E-state index contributed by atoms with van der Waals surface area (Å²) in [6, 6.07) is 9.00. The van der Waals surface area contributed by atoms with Gasteiger partial charge in [-0.25, -0.2) is 4.39 Å². The molecule has 2 fully saturated rings. The number of carbonyl (C=O) groups excluding carboxylic acids is 1. The van der Waals surface area contributed by atoms with Gasteiger partial charge in [0.05, 0.1) is 18.1 Å². The summed E-state index contributed by atoms with van der Waals surface area (Å²) in [6.45, 7) is 3.09. The van der Waals surface area contributed by atoms with Crippen LogP contribution in [-0.4, -0.2) is 42.1 Å². The van der Waals surface area contributed by atoms with Gasteiger partial charge in [0.15, 0.2) is 0 Å². The van der Waals surface area contributed by atoms with Gasteiger partial charge < -0.3 is 10.1 Å². The third kappa shape index (κ3) is 4.80. The summed E-state index contributed by atoms with van der Waals surface area (Å²) in [5, 5.41) is 7.02. The van der Waals surface area contributed by atoms with Crippen LogP contribution in [0.25, 0.3) is 0 Å². The Kier molecular flexibility index (Phi) is 6.09. The molecule has 1 unspecified atom stereocenters. The lowest BCUT2D eigenvalue weighted by atomic mass is 9.88. The molecule has 0 aliphatic carbocycles. The average Bonchev–Trinajstić information content (AvgIpc) is 3.34. The molecule has 2 saturated heterocycles. The van der Waals surface area contributed by atoms with Gasteiger partial charge >= 0.3 is 0 Å². The minimum Gasteiger partial charge on any atom is -0.370 e. The normalized spacial score (nSPS) is 21.8. The molecule has 0 saturated carbocycles. The summed E-state index contributed by atoms with van der Waals surface area (Å²) in [5.41, 5.74) is 1.76. The number of ether oxygens (including phenoxy) is 1. The third-order valence-electron chi connectivity index (χ3n) is 5.93. The van der Waals surface area contributed by atoms with Crippen LogP contribution in [-0.2, 0) is 22.5 Å². The molecule has 2 aromatic rings. The fraction of sp³-hybridized carbons (Fsp3) is 0.500. The Labute approximate surface area is 169 Å². The molecular weight excluding hydrogens is 375 g/mol. The van der Waals surface area contributed by atoms with Crippen molar-refractivity contribution < 1.29 is 13.9 Å². The van der Waals surface area contributed by atoms with Crippen molar-refractivity contribution in [2.45, 2.75) is 50.4 Å². The zero-order valence-corrected chi connectivity index (χ0v) is 16.8. The smallest absolute Gasteiger partial charge is 0.224 e. The van der Waals surface area contributed by atoms with Crippen LogP contribution in [0, 0.1) is 5.82 Å². The second-order valence-corrected chi connectivity index (χ2v) is 8.72. The number of halogens is 1. The van der Waals surface area contributed by atoms with Crippen molar-refractivity contribution in [1.82, 2.24) is 10.2 Å². The van der Waals surface area contributed by atoms with E-state index in [1.165, 1.54) is 6.07 Å². The van der Waals surface area contributed by atoms with E-state index in [1.54, 1.807) is 17.4 Å².